The molecule has 0 N–H and O–H groups in total. The summed E-state index contributed by atoms with van der Waals surface area (Å²) in [6.45, 7) is 4.72. The molecule has 2 atom stereocenters. The number of hydrogen-bond donors (Lipinski definition) is 0. The van der Waals surface area contributed by atoms with E-state index in [1.54, 1.807) is 18.7 Å². The summed E-state index contributed by atoms with van der Waals surface area (Å²) in [5.41, 5.74) is 3.12. The standard InChI is InChI=1S/C25H30FN5S/c1-19-7-10-25(20-5-3-2-4-6-20)32-31(19)16-21-8-9-23(15-24(21)26)29-13-11-22(12-14-29)30-17-27-28-18-30/h2-6,8-9,15,17-19,22,25H,7,10-14,16H2,1H3/t19-,25?/m0/s1. The third-order valence-electron chi connectivity index (χ3n) is 6.82. The molecule has 32 heavy (non-hydrogen) atoms. The molecule has 2 saturated heterocycles. The van der Waals surface area contributed by atoms with Crippen LogP contribution in [-0.4, -0.2) is 38.2 Å². The van der Waals surface area contributed by atoms with Crippen molar-refractivity contribution in [2.75, 3.05) is 18.0 Å². The molecule has 1 unspecified atom stereocenters. The van der Waals surface area contributed by atoms with Gasteiger partial charge in [-0.3, -0.25) is 0 Å². The quantitative estimate of drug-likeness (QED) is 0.470. The van der Waals surface area contributed by atoms with Gasteiger partial charge in [0.15, 0.2) is 0 Å². The Morgan fingerprint density at radius 1 is 0.969 bits per heavy atom. The molecule has 1 aromatic heterocycles. The number of anilines is 1. The molecule has 0 bridgehead atoms. The zero-order chi connectivity index (χ0) is 21.9. The van der Waals surface area contributed by atoms with Gasteiger partial charge < -0.3 is 9.47 Å². The van der Waals surface area contributed by atoms with E-state index in [2.05, 4.69) is 67.3 Å². The minimum atomic E-state index is -0.0990. The maximum Gasteiger partial charge on any atom is 0.129 e. The number of aromatic nitrogens is 3. The van der Waals surface area contributed by atoms with Gasteiger partial charge in [0.05, 0.1) is 0 Å². The summed E-state index contributed by atoms with van der Waals surface area (Å²) in [7, 11) is 0. The lowest BCUT2D eigenvalue weighted by molar-refractivity contribution is 0.317. The van der Waals surface area contributed by atoms with Crippen molar-refractivity contribution in [3.05, 3.63) is 78.1 Å². The first-order chi connectivity index (χ1) is 15.7. The number of nitrogens with zero attached hydrogens (tertiary/aromatic N) is 5. The first-order valence-electron chi connectivity index (χ1n) is 11.5. The van der Waals surface area contributed by atoms with Crippen molar-refractivity contribution in [3.63, 3.8) is 0 Å². The van der Waals surface area contributed by atoms with Crippen LogP contribution in [0.15, 0.2) is 61.2 Å². The average molecular weight is 452 g/mol. The summed E-state index contributed by atoms with van der Waals surface area (Å²) >= 11 is 1.87. The highest BCUT2D eigenvalue weighted by Gasteiger charge is 2.28. The fourth-order valence-corrected chi connectivity index (χ4v) is 6.17. The van der Waals surface area contributed by atoms with Gasteiger partial charge >= 0.3 is 0 Å². The van der Waals surface area contributed by atoms with Crippen molar-refractivity contribution in [1.29, 1.82) is 0 Å². The highest BCUT2D eigenvalue weighted by atomic mass is 32.2. The van der Waals surface area contributed by atoms with Crippen LogP contribution in [0.25, 0.3) is 0 Å². The Labute approximate surface area is 193 Å². The van der Waals surface area contributed by atoms with Crippen LogP contribution in [0.2, 0.25) is 0 Å². The van der Waals surface area contributed by atoms with E-state index in [0.717, 1.165) is 43.6 Å². The molecule has 2 fully saturated rings. The Balaban J connectivity index is 1.22. The van der Waals surface area contributed by atoms with E-state index in [4.69, 9.17) is 0 Å². The number of rotatable bonds is 5. The molecule has 7 heteroatoms. The zero-order valence-electron chi connectivity index (χ0n) is 18.5. The predicted octanol–water partition coefficient (Wildman–Crippen LogP) is 5.63. The predicted molar refractivity (Wildman–Crippen MR) is 128 cm³/mol. The van der Waals surface area contributed by atoms with Crippen molar-refractivity contribution >= 4 is 17.6 Å². The lowest BCUT2D eigenvalue weighted by Crippen LogP contribution is -2.34. The maximum absolute atomic E-state index is 15.1. The van der Waals surface area contributed by atoms with E-state index >= 15 is 4.39 Å². The Morgan fingerprint density at radius 3 is 2.44 bits per heavy atom. The molecular formula is C25H30FN5S. The van der Waals surface area contributed by atoms with Gasteiger partial charge in [0.2, 0.25) is 0 Å². The molecule has 0 amide bonds. The van der Waals surface area contributed by atoms with Crippen LogP contribution in [0.4, 0.5) is 10.1 Å². The van der Waals surface area contributed by atoms with Crippen molar-refractivity contribution < 1.29 is 4.39 Å². The van der Waals surface area contributed by atoms with Gasteiger partial charge in [-0.2, -0.15) is 0 Å². The molecule has 0 radical (unpaired) electrons. The number of halogens is 1. The van der Waals surface area contributed by atoms with Crippen LogP contribution in [0.5, 0.6) is 0 Å². The van der Waals surface area contributed by atoms with Gasteiger partial charge in [-0.25, -0.2) is 8.70 Å². The fraction of sp³-hybridized carbons (Fsp3) is 0.440. The Hall–Kier alpha value is -2.38. The zero-order valence-corrected chi connectivity index (χ0v) is 19.3. The third-order valence-corrected chi connectivity index (χ3v) is 8.35. The molecule has 3 heterocycles. The van der Waals surface area contributed by atoms with E-state index in [9.17, 15) is 0 Å². The van der Waals surface area contributed by atoms with Gasteiger partial charge in [0, 0.05) is 48.2 Å². The molecule has 5 rings (SSSR count). The highest BCUT2D eigenvalue weighted by Crippen LogP contribution is 2.43. The largest absolute Gasteiger partial charge is 0.371 e. The van der Waals surface area contributed by atoms with E-state index in [1.807, 2.05) is 18.0 Å². The van der Waals surface area contributed by atoms with Crippen molar-refractivity contribution in [2.45, 2.75) is 56.5 Å². The SMILES string of the molecule is C[C@H]1CCC(c2ccccc2)SN1Cc1ccc(N2CCC(n3cnnc3)CC2)cc1F. The minimum absolute atomic E-state index is 0.0990. The number of hydrogen-bond acceptors (Lipinski definition) is 5. The van der Waals surface area contributed by atoms with Gasteiger partial charge in [0.1, 0.15) is 18.5 Å². The Bertz CT molecular complexity index is 1000. The molecule has 0 spiro atoms. The molecule has 2 aliphatic rings. The summed E-state index contributed by atoms with van der Waals surface area (Å²) < 4.78 is 19.6. The Kier molecular flexibility index (Phi) is 6.46. The molecular weight excluding hydrogens is 421 g/mol. The van der Waals surface area contributed by atoms with E-state index < -0.39 is 0 Å². The monoisotopic (exact) mass is 451 g/mol. The molecule has 2 aliphatic heterocycles. The van der Waals surface area contributed by atoms with E-state index in [-0.39, 0.29) is 5.82 Å². The molecule has 5 nitrogen and oxygen atoms in total. The summed E-state index contributed by atoms with van der Waals surface area (Å²) in [4.78, 5) is 2.29. The molecule has 0 saturated carbocycles. The average Bonchev–Trinajstić information content (AvgIpc) is 3.37. The van der Waals surface area contributed by atoms with Gasteiger partial charge in [-0.05, 0) is 50.3 Å². The third kappa shape index (κ3) is 4.69. The second-order valence-electron chi connectivity index (χ2n) is 8.91. The van der Waals surface area contributed by atoms with Crippen LogP contribution < -0.4 is 4.90 Å². The highest BCUT2D eigenvalue weighted by molar-refractivity contribution is 7.97. The number of benzene rings is 2. The van der Waals surface area contributed by atoms with Crippen molar-refractivity contribution in [1.82, 2.24) is 19.1 Å². The van der Waals surface area contributed by atoms with E-state index in [1.165, 1.54) is 12.0 Å². The summed E-state index contributed by atoms with van der Waals surface area (Å²) in [6, 6.07) is 17.3. The van der Waals surface area contributed by atoms with Crippen molar-refractivity contribution in [3.8, 4) is 0 Å². The fourth-order valence-electron chi connectivity index (χ4n) is 4.79. The summed E-state index contributed by atoms with van der Waals surface area (Å²) in [6.07, 6.45) is 7.91. The van der Waals surface area contributed by atoms with Crippen LogP contribution in [0.1, 0.15) is 55.0 Å². The topological polar surface area (TPSA) is 37.2 Å². The van der Waals surface area contributed by atoms with Crippen molar-refractivity contribution in [2.24, 2.45) is 0 Å². The lowest BCUT2D eigenvalue weighted by atomic mass is 10.0. The van der Waals surface area contributed by atoms with Crippen LogP contribution >= 0.6 is 11.9 Å². The van der Waals surface area contributed by atoms with Crippen LogP contribution in [-0.2, 0) is 6.54 Å². The van der Waals surface area contributed by atoms with Gasteiger partial charge in [-0.1, -0.05) is 48.3 Å². The summed E-state index contributed by atoms with van der Waals surface area (Å²) in [5.74, 6) is -0.0990. The normalized spacial score (nSPS) is 22.9. The molecule has 0 aliphatic carbocycles. The van der Waals surface area contributed by atoms with Gasteiger partial charge in [-0.15, -0.1) is 10.2 Å². The second-order valence-corrected chi connectivity index (χ2v) is 10.2. The van der Waals surface area contributed by atoms with Crippen LogP contribution in [0.3, 0.4) is 0 Å². The summed E-state index contributed by atoms with van der Waals surface area (Å²) in [5, 5.41) is 8.28. The smallest absolute Gasteiger partial charge is 0.129 e. The van der Waals surface area contributed by atoms with Gasteiger partial charge in [0.25, 0.3) is 0 Å². The molecule has 168 valence electrons. The van der Waals surface area contributed by atoms with Crippen LogP contribution in [0, 0.1) is 5.82 Å². The lowest BCUT2D eigenvalue weighted by Gasteiger charge is -2.37. The second kappa shape index (κ2) is 9.63. The number of piperidine rings is 1. The molecule has 3 aromatic rings. The first kappa shape index (κ1) is 21.5. The minimum Gasteiger partial charge on any atom is -0.371 e. The molecule has 2 aromatic carbocycles. The van der Waals surface area contributed by atoms with E-state index in [0.29, 0.717) is 23.9 Å². The first-order valence-corrected chi connectivity index (χ1v) is 12.4. The maximum atomic E-state index is 15.1. The Morgan fingerprint density at radius 2 is 1.72 bits per heavy atom.